The first-order chi connectivity index (χ1) is 12.9. The monoisotopic (exact) mass is 349 g/mol. The minimum Gasteiger partial charge on any atom is -0.298 e. The molecule has 2 heterocycles. The van der Waals surface area contributed by atoms with Crippen molar-refractivity contribution in [3.63, 3.8) is 0 Å². The molecule has 1 aromatic heterocycles. The Morgan fingerprint density at radius 2 is 1.69 bits per heavy atom. The first kappa shape index (κ1) is 17.7. The molecule has 0 unspecified atom stereocenters. The maximum Gasteiger partial charge on any atom is 0.0312 e. The van der Waals surface area contributed by atoms with Crippen LogP contribution in [0.25, 0.3) is 0 Å². The molecule has 2 aromatic rings. The van der Waals surface area contributed by atoms with E-state index in [4.69, 9.17) is 0 Å². The molecule has 0 spiro atoms. The highest BCUT2D eigenvalue weighted by molar-refractivity contribution is 5.19. The van der Waals surface area contributed by atoms with Crippen LogP contribution in [0.4, 0.5) is 0 Å². The standard InChI is InChI=1S/C23H31N3/c1-2-7-21(8-3-1)22-9-4-10-23(12-11-22)26-16-14-25(15-17-26)19-20-6-5-13-24-18-20/h1-3,5-8,13,18,22-23H,4,9-12,14-17,19H2/t22-,23+/m1/s1. The molecule has 138 valence electrons. The number of piperazine rings is 1. The lowest BCUT2D eigenvalue weighted by atomic mass is 9.92. The summed E-state index contributed by atoms with van der Waals surface area (Å²) in [6.07, 6.45) is 10.7. The lowest BCUT2D eigenvalue weighted by Crippen LogP contribution is -2.49. The predicted octanol–water partition coefficient (Wildman–Crippen LogP) is 4.32. The normalized spacial score (nSPS) is 25.7. The number of aromatic nitrogens is 1. The van der Waals surface area contributed by atoms with Crippen LogP contribution in [-0.2, 0) is 6.54 Å². The van der Waals surface area contributed by atoms with Gasteiger partial charge in [0.25, 0.3) is 0 Å². The van der Waals surface area contributed by atoms with Crippen LogP contribution < -0.4 is 0 Å². The van der Waals surface area contributed by atoms with Crippen LogP contribution in [0.15, 0.2) is 54.9 Å². The Morgan fingerprint density at radius 1 is 0.846 bits per heavy atom. The molecule has 2 aliphatic rings. The Morgan fingerprint density at radius 3 is 2.46 bits per heavy atom. The average molecular weight is 350 g/mol. The molecule has 26 heavy (non-hydrogen) atoms. The van der Waals surface area contributed by atoms with Crippen molar-refractivity contribution in [3.8, 4) is 0 Å². The molecule has 1 saturated carbocycles. The van der Waals surface area contributed by atoms with Gasteiger partial charge in [0.15, 0.2) is 0 Å². The molecule has 3 nitrogen and oxygen atoms in total. The van der Waals surface area contributed by atoms with E-state index in [0.29, 0.717) is 0 Å². The molecule has 1 aromatic carbocycles. The van der Waals surface area contributed by atoms with Gasteiger partial charge in [0.05, 0.1) is 0 Å². The maximum absolute atomic E-state index is 4.24. The molecule has 0 N–H and O–H groups in total. The van der Waals surface area contributed by atoms with E-state index in [0.717, 1.165) is 18.5 Å². The van der Waals surface area contributed by atoms with Gasteiger partial charge in [-0.05, 0) is 48.8 Å². The topological polar surface area (TPSA) is 19.4 Å². The van der Waals surface area contributed by atoms with Crippen molar-refractivity contribution in [3.05, 3.63) is 66.0 Å². The molecule has 2 atom stereocenters. The van der Waals surface area contributed by atoms with E-state index in [9.17, 15) is 0 Å². The zero-order valence-corrected chi connectivity index (χ0v) is 15.8. The molecule has 1 saturated heterocycles. The van der Waals surface area contributed by atoms with E-state index in [2.05, 4.69) is 51.2 Å². The number of benzene rings is 1. The Kier molecular flexibility index (Phi) is 5.98. The molecular weight excluding hydrogens is 318 g/mol. The largest absolute Gasteiger partial charge is 0.298 e. The zero-order valence-electron chi connectivity index (χ0n) is 15.8. The molecular formula is C23H31N3. The molecule has 3 heteroatoms. The highest BCUT2D eigenvalue weighted by Gasteiger charge is 2.27. The lowest BCUT2D eigenvalue weighted by Gasteiger charge is -2.39. The first-order valence-electron chi connectivity index (χ1n) is 10.3. The summed E-state index contributed by atoms with van der Waals surface area (Å²) in [6.45, 7) is 5.87. The Bertz CT molecular complexity index is 650. The van der Waals surface area contributed by atoms with Crippen molar-refractivity contribution in [2.75, 3.05) is 26.2 Å². The summed E-state index contributed by atoms with van der Waals surface area (Å²) < 4.78 is 0. The van der Waals surface area contributed by atoms with Crippen LogP contribution in [0.1, 0.15) is 49.1 Å². The van der Waals surface area contributed by atoms with Crippen molar-refractivity contribution in [1.29, 1.82) is 0 Å². The van der Waals surface area contributed by atoms with Crippen molar-refractivity contribution in [2.45, 2.75) is 50.6 Å². The van der Waals surface area contributed by atoms with E-state index in [1.165, 1.54) is 63.8 Å². The smallest absolute Gasteiger partial charge is 0.0312 e. The SMILES string of the molecule is c1ccc([C@@H]2CCC[C@H](N3CCN(Cc4cccnc4)CC3)CC2)cc1. The summed E-state index contributed by atoms with van der Waals surface area (Å²) in [7, 11) is 0. The van der Waals surface area contributed by atoms with Crippen LogP contribution in [0.3, 0.4) is 0 Å². The molecule has 1 aliphatic carbocycles. The minimum atomic E-state index is 0.771. The average Bonchev–Trinajstić information content (AvgIpc) is 2.96. The number of nitrogens with zero attached hydrogens (tertiary/aromatic N) is 3. The number of rotatable bonds is 4. The molecule has 1 aliphatic heterocycles. The van der Waals surface area contributed by atoms with Gasteiger partial charge >= 0.3 is 0 Å². The van der Waals surface area contributed by atoms with E-state index in [-0.39, 0.29) is 0 Å². The lowest BCUT2D eigenvalue weighted by molar-refractivity contribution is 0.0849. The molecule has 4 rings (SSSR count). The summed E-state index contributed by atoms with van der Waals surface area (Å²) in [5, 5.41) is 0. The Hall–Kier alpha value is -1.71. The van der Waals surface area contributed by atoms with Crippen molar-refractivity contribution in [1.82, 2.24) is 14.8 Å². The van der Waals surface area contributed by atoms with E-state index in [1.807, 2.05) is 18.5 Å². The van der Waals surface area contributed by atoms with Gasteiger partial charge in [0.1, 0.15) is 0 Å². The number of hydrogen-bond acceptors (Lipinski definition) is 3. The summed E-state index contributed by atoms with van der Waals surface area (Å²) in [6, 6.07) is 16.2. The highest BCUT2D eigenvalue weighted by atomic mass is 15.3. The summed E-state index contributed by atoms with van der Waals surface area (Å²) in [5.74, 6) is 0.771. The fourth-order valence-corrected chi connectivity index (χ4v) is 4.74. The first-order valence-corrected chi connectivity index (χ1v) is 10.3. The number of hydrogen-bond donors (Lipinski definition) is 0. The van der Waals surface area contributed by atoms with Gasteiger partial charge in [-0.25, -0.2) is 0 Å². The van der Waals surface area contributed by atoms with Crippen molar-refractivity contribution < 1.29 is 0 Å². The summed E-state index contributed by atoms with van der Waals surface area (Å²) in [4.78, 5) is 9.60. The van der Waals surface area contributed by atoms with Gasteiger partial charge in [-0.1, -0.05) is 42.8 Å². The van der Waals surface area contributed by atoms with E-state index in [1.54, 1.807) is 5.56 Å². The van der Waals surface area contributed by atoms with Gasteiger partial charge in [0.2, 0.25) is 0 Å². The van der Waals surface area contributed by atoms with Crippen LogP contribution in [0.2, 0.25) is 0 Å². The third-order valence-electron chi connectivity index (χ3n) is 6.26. The Balaban J connectivity index is 1.27. The quantitative estimate of drug-likeness (QED) is 0.767. The van der Waals surface area contributed by atoms with Gasteiger partial charge in [0, 0.05) is 51.2 Å². The van der Waals surface area contributed by atoms with Crippen molar-refractivity contribution >= 4 is 0 Å². The van der Waals surface area contributed by atoms with Crippen LogP contribution in [0, 0.1) is 0 Å². The third kappa shape index (κ3) is 4.52. The van der Waals surface area contributed by atoms with Crippen LogP contribution in [-0.4, -0.2) is 47.0 Å². The second-order valence-electron chi connectivity index (χ2n) is 7.94. The molecule has 0 amide bonds. The van der Waals surface area contributed by atoms with Gasteiger partial charge in [-0.3, -0.25) is 14.8 Å². The highest BCUT2D eigenvalue weighted by Crippen LogP contribution is 2.33. The number of pyridine rings is 1. The molecule has 2 fully saturated rings. The minimum absolute atomic E-state index is 0.771. The molecule has 0 radical (unpaired) electrons. The van der Waals surface area contributed by atoms with Gasteiger partial charge in [-0.2, -0.15) is 0 Å². The second-order valence-corrected chi connectivity index (χ2v) is 7.94. The Labute approximate surface area is 158 Å². The maximum atomic E-state index is 4.24. The summed E-state index contributed by atoms with van der Waals surface area (Å²) in [5.41, 5.74) is 2.88. The molecule has 0 bridgehead atoms. The predicted molar refractivity (Wildman–Crippen MR) is 107 cm³/mol. The summed E-state index contributed by atoms with van der Waals surface area (Å²) >= 11 is 0. The van der Waals surface area contributed by atoms with Crippen LogP contribution >= 0.6 is 0 Å². The third-order valence-corrected chi connectivity index (χ3v) is 6.26. The van der Waals surface area contributed by atoms with E-state index < -0.39 is 0 Å². The van der Waals surface area contributed by atoms with Crippen molar-refractivity contribution in [2.24, 2.45) is 0 Å². The fraction of sp³-hybridized carbons (Fsp3) is 0.522. The van der Waals surface area contributed by atoms with E-state index >= 15 is 0 Å². The second kappa shape index (κ2) is 8.79. The van der Waals surface area contributed by atoms with Gasteiger partial charge < -0.3 is 0 Å². The van der Waals surface area contributed by atoms with Crippen LogP contribution in [0.5, 0.6) is 0 Å². The fourth-order valence-electron chi connectivity index (χ4n) is 4.74. The zero-order chi connectivity index (χ0) is 17.6. The van der Waals surface area contributed by atoms with Gasteiger partial charge in [-0.15, -0.1) is 0 Å².